The number of halogens is 1. The number of rotatable bonds is 3. The van der Waals surface area contributed by atoms with Crippen LogP contribution in [0.25, 0.3) is 0 Å². The van der Waals surface area contributed by atoms with Crippen LogP contribution in [0.4, 0.5) is 0 Å². The summed E-state index contributed by atoms with van der Waals surface area (Å²) < 4.78 is 0. The van der Waals surface area contributed by atoms with E-state index < -0.39 is 0 Å². The Balaban J connectivity index is 1.82. The monoisotopic (exact) mass is 251 g/mol. The molecule has 0 bridgehead atoms. The molecule has 1 aliphatic rings. The molecule has 1 saturated carbocycles. The Morgan fingerprint density at radius 2 is 1.82 bits per heavy atom. The van der Waals surface area contributed by atoms with Gasteiger partial charge >= 0.3 is 0 Å². The molecular weight excluding hydrogens is 234 g/mol. The number of amides is 1. The van der Waals surface area contributed by atoms with Crippen molar-refractivity contribution in [3.05, 3.63) is 34.9 Å². The third-order valence-electron chi connectivity index (χ3n) is 3.25. The van der Waals surface area contributed by atoms with Crippen molar-refractivity contribution in [2.24, 2.45) is 0 Å². The molecule has 0 atom stereocenters. The minimum atomic E-state index is 0.124. The summed E-state index contributed by atoms with van der Waals surface area (Å²) in [5, 5.41) is 3.82. The van der Waals surface area contributed by atoms with Crippen LogP contribution in [-0.4, -0.2) is 11.9 Å². The Hall–Kier alpha value is -1.02. The molecule has 1 aromatic carbocycles. The Morgan fingerprint density at radius 3 is 2.47 bits per heavy atom. The smallest absolute Gasteiger partial charge is 0.224 e. The lowest BCUT2D eigenvalue weighted by molar-refractivity contribution is -0.121. The van der Waals surface area contributed by atoms with E-state index in [-0.39, 0.29) is 5.91 Å². The van der Waals surface area contributed by atoms with Crippen LogP contribution in [0.15, 0.2) is 24.3 Å². The second-order valence-electron chi connectivity index (χ2n) is 4.71. The Labute approximate surface area is 107 Å². The minimum Gasteiger partial charge on any atom is -0.353 e. The minimum absolute atomic E-state index is 0.124. The van der Waals surface area contributed by atoms with E-state index in [1.807, 2.05) is 24.3 Å². The fourth-order valence-corrected chi connectivity index (χ4v) is 2.44. The maximum Gasteiger partial charge on any atom is 0.224 e. The maximum absolute atomic E-state index is 11.8. The van der Waals surface area contributed by atoms with Gasteiger partial charge in [0.2, 0.25) is 5.91 Å². The molecular formula is C14H18ClNO. The summed E-state index contributed by atoms with van der Waals surface area (Å²) in [5.41, 5.74) is 1.02. The van der Waals surface area contributed by atoms with Crippen LogP contribution in [0, 0.1) is 0 Å². The molecule has 0 spiro atoms. The SMILES string of the molecule is O=C(Cc1ccc(Cl)cc1)NC1CCCCC1. The molecule has 0 heterocycles. The number of nitrogens with one attached hydrogen (secondary N) is 1. The fourth-order valence-electron chi connectivity index (χ4n) is 2.31. The van der Waals surface area contributed by atoms with E-state index >= 15 is 0 Å². The lowest BCUT2D eigenvalue weighted by Crippen LogP contribution is -2.37. The van der Waals surface area contributed by atoms with E-state index in [0.29, 0.717) is 17.5 Å². The number of benzene rings is 1. The van der Waals surface area contributed by atoms with Crippen LogP contribution in [-0.2, 0) is 11.2 Å². The Bertz CT molecular complexity index is 368. The summed E-state index contributed by atoms with van der Waals surface area (Å²) in [7, 11) is 0. The average Bonchev–Trinajstić information content (AvgIpc) is 2.33. The number of hydrogen-bond donors (Lipinski definition) is 1. The highest BCUT2D eigenvalue weighted by Crippen LogP contribution is 2.17. The predicted molar refractivity (Wildman–Crippen MR) is 70.2 cm³/mol. The average molecular weight is 252 g/mol. The van der Waals surface area contributed by atoms with Gasteiger partial charge in [0.1, 0.15) is 0 Å². The van der Waals surface area contributed by atoms with Gasteiger partial charge in [-0.2, -0.15) is 0 Å². The Morgan fingerprint density at radius 1 is 1.18 bits per heavy atom. The van der Waals surface area contributed by atoms with Gasteiger partial charge in [0.25, 0.3) is 0 Å². The van der Waals surface area contributed by atoms with Crippen LogP contribution < -0.4 is 5.32 Å². The first-order valence-corrected chi connectivity index (χ1v) is 6.65. The van der Waals surface area contributed by atoms with Gasteiger partial charge in [-0.25, -0.2) is 0 Å². The van der Waals surface area contributed by atoms with E-state index in [9.17, 15) is 4.79 Å². The van der Waals surface area contributed by atoms with Crippen molar-refractivity contribution in [1.82, 2.24) is 5.32 Å². The van der Waals surface area contributed by atoms with Gasteiger partial charge < -0.3 is 5.32 Å². The summed E-state index contributed by atoms with van der Waals surface area (Å²) in [5.74, 6) is 0.124. The number of carbonyl (C=O) groups excluding carboxylic acids is 1. The molecule has 17 heavy (non-hydrogen) atoms. The van der Waals surface area contributed by atoms with Crippen molar-refractivity contribution in [2.45, 2.75) is 44.6 Å². The molecule has 0 radical (unpaired) electrons. The van der Waals surface area contributed by atoms with E-state index in [2.05, 4.69) is 5.32 Å². The van der Waals surface area contributed by atoms with Gasteiger partial charge in [0.05, 0.1) is 6.42 Å². The zero-order chi connectivity index (χ0) is 12.1. The van der Waals surface area contributed by atoms with E-state index in [1.165, 1.54) is 19.3 Å². The molecule has 3 heteroatoms. The lowest BCUT2D eigenvalue weighted by Gasteiger charge is -2.22. The molecule has 1 amide bonds. The van der Waals surface area contributed by atoms with Crippen molar-refractivity contribution < 1.29 is 4.79 Å². The van der Waals surface area contributed by atoms with Gasteiger partial charge in [-0.15, -0.1) is 0 Å². The first kappa shape index (κ1) is 12.4. The predicted octanol–water partition coefficient (Wildman–Crippen LogP) is 3.33. The highest BCUT2D eigenvalue weighted by Gasteiger charge is 2.15. The highest BCUT2D eigenvalue weighted by atomic mass is 35.5. The van der Waals surface area contributed by atoms with E-state index in [4.69, 9.17) is 11.6 Å². The molecule has 2 nitrogen and oxygen atoms in total. The quantitative estimate of drug-likeness (QED) is 0.877. The number of hydrogen-bond acceptors (Lipinski definition) is 1. The molecule has 0 saturated heterocycles. The fraction of sp³-hybridized carbons (Fsp3) is 0.500. The summed E-state index contributed by atoms with van der Waals surface area (Å²) in [4.78, 5) is 11.8. The molecule has 0 aromatic heterocycles. The van der Waals surface area contributed by atoms with E-state index in [0.717, 1.165) is 18.4 Å². The first-order chi connectivity index (χ1) is 8.24. The van der Waals surface area contributed by atoms with Gasteiger partial charge in [-0.3, -0.25) is 4.79 Å². The summed E-state index contributed by atoms with van der Waals surface area (Å²) >= 11 is 5.80. The largest absolute Gasteiger partial charge is 0.353 e. The first-order valence-electron chi connectivity index (χ1n) is 6.28. The second-order valence-corrected chi connectivity index (χ2v) is 5.14. The van der Waals surface area contributed by atoms with E-state index in [1.54, 1.807) is 0 Å². The van der Waals surface area contributed by atoms with Crippen LogP contribution in [0.1, 0.15) is 37.7 Å². The Kier molecular flexibility index (Phi) is 4.43. The van der Waals surface area contributed by atoms with Crippen molar-refractivity contribution in [3.8, 4) is 0 Å². The van der Waals surface area contributed by atoms with Gasteiger partial charge in [0.15, 0.2) is 0 Å². The normalized spacial score (nSPS) is 16.8. The molecule has 2 rings (SSSR count). The van der Waals surface area contributed by atoms with Crippen LogP contribution in [0.5, 0.6) is 0 Å². The van der Waals surface area contributed by atoms with Crippen LogP contribution in [0.3, 0.4) is 0 Å². The number of carbonyl (C=O) groups is 1. The molecule has 1 aliphatic carbocycles. The maximum atomic E-state index is 11.8. The van der Waals surface area contributed by atoms with Gasteiger partial charge in [0, 0.05) is 11.1 Å². The highest BCUT2D eigenvalue weighted by molar-refractivity contribution is 6.30. The zero-order valence-corrected chi connectivity index (χ0v) is 10.7. The molecule has 1 fully saturated rings. The summed E-state index contributed by atoms with van der Waals surface area (Å²) in [6.45, 7) is 0. The van der Waals surface area contributed by atoms with Crippen molar-refractivity contribution in [1.29, 1.82) is 0 Å². The lowest BCUT2D eigenvalue weighted by atomic mass is 9.95. The van der Waals surface area contributed by atoms with Gasteiger partial charge in [-0.05, 0) is 30.5 Å². The van der Waals surface area contributed by atoms with Crippen molar-refractivity contribution >= 4 is 17.5 Å². The molecule has 1 N–H and O–H groups in total. The third-order valence-corrected chi connectivity index (χ3v) is 3.50. The molecule has 92 valence electrons. The van der Waals surface area contributed by atoms with Crippen LogP contribution >= 0.6 is 11.6 Å². The molecule has 0 unspecified atom stereocenters. The molecule has 0 aliphatic heterocycles. The van der Waals surface area contributed by atoms with Crippen molar-refractivity contribution in [3.63, 3.8) is 0 Å². The summed E-state index contributed by atoms with van der Waals surface area (Å²) in [6.07, 6.45) is 6.51. The third kappa shape index (κ3) is 4.04. The van der Waals surface area contributed by atoms with Gasteiger partial charge in [-0.1, -0.05) is 43.0 Å². The zero-order valence-electron chi connectivity index (χ0n) is 9.92. The van der Waals surface area contributed by atoms with Crippen molar-refractivity contribution in [2.75, 3.05) is 0 Å². The summed E-state index contributed by atoms with van der Waals surface area (Å²) in [6, 6.07) is 7.85. The topological polar surface area (TPSA) is 29.1 Å². The van der Waals surface area contributed by atoms with Crippen LogP contribution in [0.2, 0.25) is 5.02 Å². The molecule has 1 aromatic rings. The standard InChI is InChI=1S/C14H18ClNO/c15-12-8-6-11(7-9-12)10-14(17)16-13-4-2-1-3-5-13/h6-9,13H,1-5,10H2,(H,16,17). The second kappa shape index (κ2) is 6.06.